The monoisotopic (exact) mass is 422 g/mol. The highest BCUT2D eigenvalue weighted by molar-refractivity contribution is 5.98. The van der Waals surface area contributed by atoms with Gasteiger partial charge in [-0.15, -0.1) is 0 Å². The van der Waals surface area contributed by atoms with Crippen LogP contribution in [0.3, 0.4) is 0 Å². The van der Waals surface area contributed by atoms with Gasteiger partial charge in [0.05, 0.1) is 11.1 Å². The first kappa shape index (κ1) is 19.4. The van der Waals surface area contributed by atoms with Gasteiger partial charge in [0.15, 0.2) is 17.2 Å². The molecule has 5 rings (SSSR count). The number of hydrogen-bond acceptors (Lipinski definition) is 6. The molecule has 1 aliphatic rings. The smallest absolute Gasteiger partial charge is 0.187 e. The molecule has 1 atom stereocenters. The van der Waals surface area contributed by atoms with Crippen LogP contribution >= 0.6 is 0 Å². The molecule has 0 aliphatic carbocycles. The van der Waals surface area contributed by atoms with E-state index in [2.05, 4.69) is 25.5 Å². The van der Waals surface area contributed by atoms with Crippen LogP contribution in [0.25, 0.3) is 22.3 Å². The Balaban J connectivity index is 1.43. The van der Waals surface area contributed by atoms with Gasteiger partial charge in [0.25, 0.3) is 0 Å². The minimum atomic E-state index is -0.640. The molecule has 7 nitrogen and oxygen atoms in total. The third kappa shape index (κ3) is 3.79. The van der Waals surface area contributed by atoms with Gasteiger partial charge in [0, 0.05) is 24.1 Å². The van der Waals surface area contributed by atoms with Crippen LogP contribution in [0.2, 0.25) is 0 Å². The van der Waals surface area contributed by atoms with Gasteiger partial charge in [0.1, 0.15) is 23.2 Å². The second kappa shape index (κ2) is 7.92. The van der Waals surface area contributed by atoms with E-state index in [0.717, 1.165) is 49.7 Å². The Morgan fingerprint density at radius 3 is 2.68 bits per heavy atom. The summed E-state index contributed by atoms with van der Waals surface area (Å²) in [4.78, 5) is 9.16. The average molecular weight is 422 g/mol. The van der Waals surface area contributed by atoms with Gasteiger partial charge < -0.3 is 15.8 Å². The number of anilines is 1. The van der Waals surface area contributed by atoms with Gasteiger partial charge in [-0.3, -0.25) is 5.10 Å². The van der Waals surface area contributed by atoms with Crippen molar-refractivity contribution >= 4 is 16.9 Å². The molecule has 31 heavy (non-hydrogen) atoms. The molecule has 0 amide bonds. The lowest BCUT2D eigenvalue weighted by molar-refractivity contribution is 0.436. The Kier molecular flexibility index (Phi) is 4.95. The fourth-order valence-electron chi connectivity index (χ4n) is 3.80. The zero-order valence-corrected chi connectivity index (χ0v) is 16.5. The van der Waals surface area contributed by atoms with Crippen LogP contribution < -0.4 is 15.8 Å². The molecule has 3 heterocycles. The van der Waals surface area contributed by atoms with Crippen molar-refractivity contribution in [3.05, 3.63) is 59.9 Å². The van der Waals surface area contributed by atoms with Crippen LogP contribution in [0, 0.1) is 11.6 Å². The summed E-state index contributed by atoms with van der Waals surface area (Å²) in [6.07, 6.45) is 2.09. The fraction of sp³-hybridized carbons (Fsp3) is 0.227. The zero-order chi connectivity index (χ0) is 21.4. The lowest BCUT2D eigenvalue weighted by Crippen LogP contribution is -2.29. The second-order valence-electron chi connectivity index (χ2n) is 7.51. The number of nitrogen functional groups attached to an aromatic ring is 1. The van der Waals surface area contributed by atoms with Crippen LogP contribution in [0.1, 0.15) is 24.6 Å². The Bertz CT molecular complexity index is 1230. The summed E-state index contributed by atoms with van der Waals surface area (Å²) in [5, 5.41) is 11.3. The quantitative estimate of drug-likeness (QED) is 0.457. The lowest BCUT2D eigenvalue weighted by Gasteiger charge is -2.21. The SMILES string of the molecule is Nc1nc([C@@H]2CCCNC2)nc2n[nH]c(-c3ccc(Oc4cc(F)ccc4F)cc3)c12. The molecule has 2 aromatic heterocycles. The number of aromatic amines is 1. The molecule has 9 heteroatoms. The highest BCUT2D eigenvalue weighted by atomic mass is 19.1. The van der Waals surface area contributed by atoms with Crippen molar-refractivity contribution in [3.8, 4) is 22.8 Å². The van der Waals surface area contributed by atoms with E-state index < -0.39 is 11.6 Å². The number of nitrogens with two attached hydrogens (primary N) is 1. The van der Waals surface area contributed by atoms with Gasteiger partial charge in [-0.2, -0.15) is 5.10 Å². The first-order valence-corrected chi connectivity index (χ1v) is 10.0. The number of fused-ring (bicyclic) bond motifs is 1. The molecular weight excluding hydrogens is 402 g/mol. The standard InChI is InChI=1S/C22H20F2N6O/c23-14-5-8-16(24)17(10-14)31-15-6-3-12(4-7-15)19-18-20(25)27-21(28-22(18)30-29-19)13-2-1-9-26-11-13/h3-8,10,13,26H,1-2,9,11H2,(H3,25,27,28,29,30)/t13-/m1/s1. The number of aromatic nitrogens is 4. The number of benzene rings is 2. The lowest BCUT2D eigenvalue weighted by atomic mass is 9.98. The molecule has 158 valence electrons. The average Bonchev–Trinajstić information content (AvgIpc) is 3.22. The molecule has 4 N–H and O–H groups in total. The summed E-state index contributed by atoms with van der Waals surface area (Å²) in [5.74, 6) is 0.276. The summed E-state index contributed by atoms with van der Waals surface area (Å²) < 4.78 is 32.6. The number of nitrogens with zero attached hydrogens (tertiary/aromatic N) is 3. The minimum absolute atomic E-state index is 0.179. The molecule has 0 unspecified atom stereocenters. The first-order chi connectivity index (χ1) is 15.1. The molecule has 2 aromatic carbocycles. The van der Waals surface area contributed by atoms with Crippen LogP contribution in [0.4, 0.5) is 14.6 Å². The molecule has 0 spiro atoms. The molecule has 1 saturated heterocycles. The number of H-pyrrole nitrogens is 1. The number of ether oxygens (including phenoxy) is 1. The molecular formula is C22H20F2N6O. The van der Waals surface area contributed by atoms with Crippen molar-refractivity contribution in [1.29, 1.82) is 0 Å². The predicted octanol–water partition coefficient (Wildman–Crippen LogP) is 4.14. The summed E-state index contributed by atoms with van der Waals surface area (Å²) in [6.45, 7) is 1.84. The summed E-state index contributed by atoms with van der Waals surface area (Å²) in [7, 11) is 0. The van der Waals surface area contributed by atoms with E-state index >= 15 is 0 Å². The molecule has 1 aliphatic heterocycles. The van der Waals surface area contributed by atoms with E-state index in [-0.39, 0.29) is 11.7 Å². The Labute approximate surface area is 176 Å². The van der Waals surface area contributed by atoms with Crippen molar-refractivity contribution in [2.24, 2.45) is 0 Å². The molecule has 1 fully saturated rings. The van der Waals surface area contributed by atoms with Crippen LogP contribution in [-0.4, -0.2) is 33.3 Å². The maximum Gasteiger partial charge on any atom is 0.187 e. The topological polar surface area (TPSA) is 102 Å². The zero-order valence-electron chi connectivity index (χ0n) is 16.5. The van der Waals surface area contributed by atoms with Gasteiger partial charge in [-0.25, -0.2) is 18.7 Å². The fourth-order valence-corrected chi connectivity index (χ4v) is 3.80. The number of halogens is 2. The molecule has 0 radical (unpaired) electrons. The predicted molar refractivity (Wildman–Crippen MR) is 113 cm³/mol. The first-order valence-electron chi connectivity index (χ1n) is 10.0. The Hall–Kier alpha value is -3.59. The maximum absolute atomic E-state index is 13.8. The van der Waals surface area contributed by atoms with E-state index in [9.17, 15) is 8.78 Å². The third-order valence-corrected chi connectivity index (χ3v) is 5.38. The van der Waals surface area contributed by atoms with Crippen LogP contribution in [-0.2, 0) is 0 Å². The number of rotatable bonds is 4. The van der Waals surface area contributed by atoms with E-state index in [1.165, 1.54) is 0 Å². The summed E-state index contributed by atoms with van der Waals surface area (Å²) >= 11 is 0. The van der Waals surface area contributed by atoms with E-state index in [4.69, 9.17) is 10.5 Å². The van der Waals surface area contributed by atoms with Gasteiger partial charge in [0.2, 0.25) is 0 Å². The molecule has 4 aromatic rings. The normalized spacial score (nSPS) is 16.5. The molecule has 0 saturated carbocycles. The highest BCUT2D eigenvalue weighted by Gasteiger charge is 2.21. The van der Waals surface area contributed by atoms with Crippen molar-refractivity contribution < 1.29 is 13.5 Å². The molecule has 0 bridgehead atoms. The minimum Gasteiger partial charge on any atom is -0.454 e. The third-order valence-electron chi connectivity index (χ3n) is 5.38. The van der Waals surface area contributed by atoms with Gasteiger partial charge in [-0.1, -0.05) is 0 Å². The van der Waals surface area contributed by atoms with Crippen molar-refractivity contribution in [1.82, 2.24) is 25.5 Å². The number of hydrogen-bond donors (Lipinski definition) is 3. The Morgan fingerprint density at radius 2 is 1.90 bits per heavy atom. The largest absolute Gasteiger partial charge is 0.454 e. The van der Waals surface area contributed by atoms with E-state index in [0.29, 0.717) is 34.1 Å². The number of piperidine rings is 1. The second-order valence-corrected chi connectivity index (χ2v) is 7.51. The summed E-state index contributed by atoms with van der Waals surface area (Å²) in [6, 6.07) is 9.93. The van der Waals surface area contributed by atoms with Crippen molar-refractivity contribution in [2.75, 3.05) is 18.8 Å². The van der Waals surface area contributed by atoms with E-state index in [1.807, 2.05) is 0 Å². The van der Waals surface area contributed by atoms with Crippen LogP contribution in [0.15, 0.2) is 42.5 Å². The van der Waals surface area contributed by atoms with Crippen LogP contribution in [0.5, 0.6) is 11.5 Å². The van der Waals surface area contributed by atoms with Crippen molar-refractivity contribution in [2.45, 2.75) is 18.8 Å². The Morgan fingerprint density at radius 1 is 1.06 bits per heavy atom. The van der Waals surface area contributed by atoms with Gasteiger partial charge >= 0.3 is 0 Å². The maximum atomic E-state index is 13.8. The summed E-state index contributed by atoms with van der Waals surface area (Å²) in [5.41, 5.74) is 8.27. The highest BCUT2D eigenvalue weighted by Crippen LogP contribution is 2.33. The van der Waals surface area contributed by atoms with E-state index in [1.54, 1.807) is 24.3 Å². The van der Waals surface area contributed by atoms with Crippen molar-refractivity contribution in [3.63, 3.8) is 0 Å². The number of nitrogens with one attached hydrogen (secondary N) is 2. The van der Waals surface area contributed by atoms with Gasteiger partial charge in [-0.05, 0) is 55.8 Å².